The van der Waals surface area contributed by atoms with Crippen molar-refractivity contribution in [2.75, 3.05) is 13.2 Å². The number of carbonyl (C=O) groups is 1. The fraction of sp³-hybridized carbons (Fsp3) is 0.917. The van der Waals surface area contributed by atoms with Crippen LogP contribution in [0.1, 0.15) is 40.0 Å². The lowest BCUT2D eigenvalue weighted by Gasteiger charge is -2.52. The maximum atomic E-state index is 11.6. The van der Waals surface area contributed by atoms with Gasteiger partial charge in [0.05, 0.1) is 13.2 Å². The van der Waals surface area contributed by atoms with E-state index < -0.39 is 0 Å². The number of ketones is 1. The molecule has 15 heavy (non-hydrogen) atoms. The van der Waals surface area contributed by atoms with E-state index in [-0.39, 0.29) is 5.54 Å². The summed E-state index contributed by atoms with van der Waals surface area (Å²) in [7, 11) is 0. The maximum Gasteiger partial charge on any atom is 0.136 e. The Morgan fingerprint density at radius 2 is 1.87 bits per heavy atom. The number of morpholine rings is 1. The second kappa shape index (κ2) is 3.87. The first-order chi connectivity index (χ1) is 7.04. The molecule has 0 aromatic heterocycles. The van der Waals surface area contributed by atoms with Gasteiger partial charge in [0.2, 0.25) is 0 Å². The molecule has 2 bridgehead atoms. The fourth-order valence-electron chi connectivity index (χ4n) is 2.89. The lowest BCUT2D eigenvalue weighted by Crippen LogP contribution is -2.64. The first-order valence-electron chi connectivity index (χ1n) is 5.92. The van der Waals surface area contributed by atoms with Crippen LogP contribution in [0.15, 0.2) is 0 Å². The molecule has 2 saturated heterocycles. The summed E-state index contributed by atoms with van der Waals surface area (Å²) in [5, 5.41) is 0. The molecule has 2 aliphatic heterocycles. The molecule has 0 amide bonds. The van der Waals surface area contributed by atoms with E-state index in [1.54, 1.807) is 0 Å². The molecule has 2 rings (SSSR count). The van der Waals surface area contributed by atoms with Crippen LogP contribution in [0.4, 0.5) is 0 Å². The lowest BCUT2D eigenvalue weighted by atomic mass is 9.86. The van der Waals surface area contributed by atoms with E-state index in [2.05, 4.69) is 25.7 Å². The molecule has 0 saturated carbocycles. The van der Waals surface area contributed by atoms with E-state index in [4.69, 9.17) is 4.74 Å². The Morgan fingerprint density at radius 1 is 1.33 bits per heavy atom. The van der Waals surface area contributed by atoms with Gasteiger partial charge in [-0.2, -0.15) is 0 Å². The van der Waals surface area contributed by atoms with Gasteiger partial charge in [-0.25, -0.2) is 0 Å². The van der Waals surface area contributed by atoms with Gasteiger partial charge in [0.15, 0.2) is 0 Å². The van der Waals surface area contributed by atoms with Crippen molar-refractivity contribution < 1.29 is 9.53 Å². The standard InChI is InChI=1S/C12H21NO2/c1-4-12(2,3)13-9-5-11(14)6-10(13)8-15-7-9/h9-10H,4-8H2,1-3H3. The van der Waals surface area contributed by atoms with Gasteiger partial charge in [-0.05, 0) is 20.3 Å². The smallest absolute Gasteiger partial charge is 0.136 e. The predicted octanol–water partition coefficient (Wildman–Crippen LogP) is 1.61. The molecule has 0 spiro atoms. The zero-order valence-electron chi connectivity index (χ0n) is 9.95. The molecule has 2 heterocycles. The van der Waals surface area contributed by atoms with E-state index in [0.717, 1.165) is 19.6 Å². The van der Waals surface area contributed by atoms with Crippen LogP contribution in [0.5, 0.6) is 0 Å². The average Bonchev–Trinajstić information content (AvgIpc) is 2.16. The molecule has 0 aliphatic carbocycles. The van der Waals surface area contributed by atoms with Crippen molar-refractivity contribution >= 4 is 5.78 Å². The summed E-state index contributed by atoms with van der Waals surface area (Å²) >= 11 is 0. The number of fused-ring (bicyclic) bond motifs is 2. The minimum atomic E-state index is 0.194. The van der Waals surface area contributed by atoms with Crippen molar-refractivity contribution in [2.45, 2.75) is 57.7 Å². The second-order valence-corrected chi connectivity index (χ2v) is 5.37. The minimum Gasteiger partial charge on any atom is -0.378 e. The normalized spacial score (nSPS) is 33.1. The zero-order valence-corrected chi connectivity index (χ0v) is 9.95. The Morgan fingerprint density at radius 3 is 2.33 bits per heavy atom. The topological polar surface area (TPSA) is 29.5 Å². The molecule has 0 aromatic carbocycles. The first kappa shape index (κ1) is 11.1. The summed E-state index contributed by atoms with van der Waals surface area (Å²) in [5.74, 6) is 0.413. The van der Waals surface area contributed by atoms with Gasteiger partial charge in [-0.15, -0.1) is 0 Å². The van der Waals surface area contributed by atoms with Crippen LogP contribution in [0.3, 0.4) is 0 Å². The number of rotatable bonds is 2. The Hall–Kier alpha value is -0.410. The second-order valence-electron chi connectivity index (χ2n) is 5.37. The third kappa shape index (κ3) is 1.95. The number of piperidine rings is 1. The van der Waals surface area contributed by atoms with Crippen molar-refractivity contribution in [3.05, 3.63) is 0 Å². The monoisotopic (exact) mass is 211 g/mol. The first-order valence-corrected chi connectivity index (χ1v) is 5.92. The van der Waals surface area contributed by atoms with E-state index in [9.17, 15) is 4.79 Å². The molecule has 0 N–H and O–H groups in total. The van der Waals surface area contributed by atoms with Crippen LogP contribution in [-0.2, 0) is 9.53 Å². The highest BCUT2D eigenvalue weighted by Crippen LogP contribution is 2.33. The van der Waals surface area contributed by atoms with Gasteiger partial charge >= 0.3 is 0 Å². The van der Waals surface area contributed by atoms with Crippen molar-refractivity contribution in [3.8, 4) is 0 Å². The third-order valence-electron chi connectivity index (χ3n) is 3.90. The SMILES string of the molecule is CCC(C)(C)N1C2COCC1CC(=O)C2. The highest BCUT2D eigenvalue weighted by molar-refractivity contribution is 5.80. The Balaban J connectivity index is 2.21. The number of hydrogen-bond acceptors (Lipinski definition) is 3. The van der Waals surface area contributed by atoms with Crippen molar-refractivity contribution in [2.24, 2.45) is 0 Å². The number of hydrogen-bond donors (Lipinski definition) is 0. The molecule has 3 heteroatoms. The van der Waals surface area contributed by atoms with E-state index in [1.807, 2.05) is 0 Å². The molecule has 86 valence electrons. The molecule has 0 aromatic rings. The Bertz CT molecular complexity index is 246. The van der Waals surface area contributed by atoms with Crippen LogP contribution >= 0.6 is 0 Å². The van der Waals surface area contributed by atoms with Crippen molar-refractivity contribution in [1.82, 2.24) is 4.90 Å². The van der Waals surface area contributed by atoms with Gasteiger partial charge < -0.3 is 4.74 Å². The molecule has 0 radical (unpaired) electrons. The predicted molar refractivity (Wildman–Crippen MR) is 58.8 cm³/mol. The highest BCUT2D eigenvalue weighted by atomic mass is 16.5. The quantitative estimate of drug-likeness (QED) is 0.695. The molecular weight excluding hydrogens is 190 g/mol. The van der Waals surface area contributed by atoms with Crippen LogP contribution in [0.25, 0.3) is 0 Å². The van der Waals surface area contributed by atoms with Crippen LogP contribution in [0.2, 0.25) is 0 Å². The fourth-order valence-corrected chi connectivity index (χ4v) is 2.89. The van der Waals surface area contributed by atoms with Crippen LogP contribution < -0.4 is 0 Å². The number of nitrogens with zero attached hydrogens (tertiary/aromatic N) is 1. The molecule has 2 aliphatic rings. The molecule has 2 unspecified atom stereocenters. The summed E-state index contributed by atoms with van der Waals surface area (Å²) < 4.78 is 5.56. The lowest BCUT2D eigenvalue weighted by molar-refractivity contribution is -0.147. The van der Waals surface area contributed by atoms with Gasteiger partial charge in [-0.1, -0.05) is 6.92 Å². The molecule has 2 atom stereocenters. The van der Waals surface area contributed by atoms with Crippen LogP contribution in [0, 0.1) is 0 Å². The van der Waals surface area contributed by atoms with Crippen molar-refractivity contribution in [1.29, 1.82) is 0 Å². The Labute approximate surface area is 91.8 Å². The Kier molecular flexibility index (Phi) is 2.86. The summed E-state index contributed by atoms with van der Waals surface area (Å²) in [6.07, 6.45) is 2.48. The van der Waals surface area contributed by atoms with Gasteiger partial charge in [0.1, 0.15) is 5.78 Å². The minimum absolute atomic E-state index is 0.194. The summed E-state index contributed by atoms with van der Waals surface area (Å²) in [4.78, 5) is 14.1. The largest absolute Gasteiger partial charge is 0.378 e. The van der Waals surface area contributed by atoms with Gasteiger partial charge in [0, 0.05) is 30.5 Å². The summed E-state index contributed by atoms with van der Waals surface area (Å²) in [5.41, 5.74) is 0.194. The average molecular weight is 211 g/mol. The van der Waals surface area contributed by atoms with E-state index in [1.165, 1.54) is 0 Å². The summed E-state index contributed by atoms with van der Waals surface area (Å²) in [6.45, 7) is 8.21. The van der Waals surface area contributed by atoms with E-state index in [0.29, 0.717) is 30.7 Å². The molecule has 2 fully saturated rings. The summed E-state index contributed by atoms with van der Waals surface area (Å²) in [6, 6.07) is 0.639. The van der Waals surface area contributed by atoms with E-state index >= 15 is 0 Å². The highest BCUT2D eigenvalue weighted by Gasteiger charge is 2.44. The maximum absolute atomic E-state index is 11.6. The zero-order chi connectivity index (χ0) is 11.1. The number of ether oxygens (including phenoxy) is 1. The number of carbonyl (C=O) groups excluding carboxylic acids is 1. The molecule has 3 nitrogen and oxygen atoms in total. The van der Waals surface area contributed by atoms with Crippen molar-refractivity contribution in [3.63, 3.8) is 0 Å². The third-order valence-corrected chi connectivity index (χ3v) is 3.90. The van der Waals surface area contributed by atoms with Crippen LogP contribution in [-0.4, -0.2) is 41.5 Å². The van der Waals surface area contributed by atoms with Gasteiger partial charge in [-0.3, -0.25) is 9.69 Å². The molecular formula is C12H21NO2. The van der Waals surface area contributed by atoms with Gasteiger partial charge in [0.25, 0.3) is 0 Å². The number of Topliss-reactive ketones (excluding diaryl/α,β-unsaturated/α-hetero) is 1.